The molecule has 0 radical (unpaired) electrons. The highest BCUT2D eigenvalue weighted by Gasteiger charge is 2.29. The lowest BCUT2D eigenvalue weighted by Crippen LogP contribution is -2.20. The van der Waals surface area contributed by atoms with Crippen molar-refractivity contribution in [2.45, 2.75) is 39.7 Å². The third-order valence-corrected chi connectivity index (χ3v) is 2.40. The molecule has 1 unspecified atom stereocenters. The Morgan fingerprint density at radius 2 is 2.23 bits per heavy atom. The lowest BCUT2D eigenvalue weighted by atomic mass is 9.83. The molecule has 0 saturated carbocycles. The molecular weight excluding hydrogens is 168 g/mol. The van der Waals surface area contributed by atoms with Crippen LogP contribution in [-0.2, 0) is 9.68 Å². The predicted octanol–water partition coefficient (Wildman–Crippen LogP) is 2.18. The summed E-state index contributed by atoms with van der Waals surface area (Å²) in [7, 11) is 0. The van der Waals surface area contributed by atoms with Crippen LogP contribution >= 0.6 is 0 Å². The van der Waals surface area contributed by atoms with Crippen LogP contribution in [0.4, 0.5) is 0 Å². The quantitative estimate of drug-likeness (QED) is 0.502. The van der Waals surface area contributed by atoms with Crippen molar-refractivity contribution in [1.29, 1.82) is 0 Å². The number of hydrogen-bond acceptors (Lipinski definition) is 3. The van der Waals surface area contributed by atoms with Crippen molar-refractivity contribution in [2.75, 3.05) is 0 Å². The van der Waals surface area contributed by atoms with Crippen molar-refractivity contribution in [1.82, 2.24) is 0 Å². The lowest BCUT2D eigenvalue weighted by Gasteiger charge is -2.23. The minimum absolute atomic E-state index is 0.0985. The molecule has 13 heavy (non-hydrogen) atoms. The van der Waals surface area contributed by atoms with E-state index in [0.717, 1.165) is 0 Å². The van der Waals surface area contributed by atoms with E-state index in [9.17, 15) is 4.79 Å². The number of Topliss-reactive ketones (excluding diaryl/α,β-unsaturated/α-hetero) is 1. The van der Waals surface area contributed by atoms with Gasteiger partial charge in [-0.25, -0.2) is 4.89 Å². The zero-order valence-corrected chi connectivity index (χ0v) is 8.33. The molecule has 0 aromatic rings. The number of ketones is 1. The van der Waals surface area contributed by atoms with Crippen LogP contribution in [0.25, 0.3) is 0 Å². The molecule has 1 aliphatic rings. The van der Waals surface area contributed by atoms with Gasteiger partial charge in [0.25, 0.3) is 0 Å². The first-order chi connectivity index (χ1) is 5.94. The van der Waals surface area contributed by atoms with Gasteiger partial charge in [-0.15, -0.1) is 0 Å². The van der Waals surface area contributed by atoms with Crippen LogP contribution in [0.2, 0.25) is 0 Å². The van der Waals surface area contributed by atoms with E-state index >= 15 is 0 Å². The van der Waals surface area contributed by atoms with Crippen molar-refractivity contribution >= 4 is 5.78 Å². The molecule has 1 rings (SSSR count). The second-order valence-corrected chi connectivity index (χ2v) is 4.46. The van der Waals surface area contributed by atoms with Crippen LogP contribution in [0.3, 0.4) is 0 Å². The van der Waals surface area contributed by atoms with Crippen molar-refractivity contribution in [3.8, 4) is 0 Å². The lowest BCUT2D eigenvalue weighted by molar-refractivity contribution is -0.270. The van der Waals surface area contributed by atoms with E-state index in [1.165, 1.54) is 0 Å². The van der Waals surface area contributed by atoms with E-state index in [1.807, 2.05) is 13.8 Å². The molecule has 1 atom stereocenters. The Kier molecular flexibility index (Phi) is 2.88. The summed E-state index contributed by atoms with van der Waals surface area (Å²) >= 11 is 0. The van der Waals surface area contributed by atoms with Crippen molar-refractivity contribution in [2.24, 2.45) is 5.41 Å². The summed E-state index contributed by atoms with van der Waals surface area (Å²) in [5.41, 5.74) is 0.586. The molecule has 0 fully saturated rings. The Hall–Kier alpha value is -0.670. The van der Waals surface area contributed by atoms with E-state index in [-0.39, 0.29) is 17.3 Å². The third-order valence-electron chi connectivity index (χ3n) is 2.40. The molecule has 3 nitrogen and oxygen atoms in total. The van der Waals surface area contributed by atoms with E-state index in [4.69, 9.17) is 5.26 Å². The molecule has 0 aromatic carbocycles. The van der Waals surface area contributed by atoms with Gasteiger partial charge >= 0.3 is 0 Å². The fourth-order valence-electron chi connectivity index (χ4n) is 1.69. The smallest absolute Gasteiger partial charge is 0.158 e. The largest absolute Gasteiger partial charge is 0.295 e. The minimum Gasteiger partial charge on any atom is -0.295 e. The zero-order valence-electron chi connectivity index (χ0n) is 8.33. The fraction of sp³-hybridized carbons (Fsp3) is 0.700. The summed E-state index contributed by atoms with van der Waals surface area (Å²) in [6, 6.07) is 0. The van der Waals surface area contributed by atoms with Gasteiger partial charge in [0.15, 0.2) is 5.78 Å². The maximum absolute atomic E-state index is 11.5. The number of carbonyl (C=O) groups excluding carboxylic acids is 1. The van der Waals surface area contributed by atoms with Crippen molar-refractivity contribution in [3.05, 3.63) is 11.6 Å². The monoisotopic (exact) mass is 184 g/mol. The van der Waals surface area contributed by atoms with Crippen LogP contribution < -0.4 is 0 Å². The molecule has 0 amide bonds. The second kappa shape index (κ2) is 3.60. The average Bonchev–Trinajstić information content (AvgIpc) is 2.09. The normalized spacial score (nSPS) is 28.2. The van der Waals surface area contributed by atoms with Crippen LogP contribution in [0.5, 0.6) is 0 Å². The van der Waals surface area contributed by atoms with E-state index in [0.29, 0.717) is 18.4 Å². The van der Waals surface area contributed by atoms with Crippen LogP contribution in [0, 0.1) is 5.41 Å². The highest BCUT2D eigenvalue weighted by molar-refractivity contribution is 5.95. The highest BCUT2D eigenvalue weighted by Crippen LogP contribution is 2.32. The molecule has 0 bridgehead atoms. The number of carbonyl (C=O) groups is 1. The summed E-state index contributed by atoms with van der Waals surface area (Å²) < 4.78 is 0. The molecule has 3 heteroatoms. The van der Waals surface area contributed by atoms with Gasteiger partial charge < -0.3 is 0 Å². The maximum atomic E-state index is 11.5. The Bertz CT molecular complexity index is 241. The molecule has 74 valence electrons. The molecular formula is C10H16O3. The first-order valence-corrected chi connectivity index (χ1v) is 4.46. The SMILES string of the molecule is CC1=CC(OO)CC(C)(C)CC1=O. The number of allylic oxidation sites excluding steroid dienone is 1. The molecule has 0 saturated heterocycles. The molecule has 0 aromatic heterocycles. The Morgan fingerprint density at radius 3 is 2.77 bits per heavy atom. The Labute approximate surface area is 78.3 Å². The van der Waals surface area contributed by atoms with E-state index < -0.39 is 0 Å². The van der Waals surface area contributed by atoms with Crippen LogP contribution in [-0.4, -0.2) is 17.1 Å². The predicted molar refractivity (Wildman–Crippen MR) is 49.3 cm³/mol. The third kappa shape index (κ3) is 2.64. The van der Waals surface area contributed by atoms with Gasteiger partial charge in [-0.2, -0.15) is 0 Å². The van der Waals surface area contributed by atoms with Gasteiger partial charge in [-0.05, 0) is 30.4 Å². The Morgan fingerprint density at radius 1 is 1.62 bits per heavy atom. The van der Waals surface area contributed by atoms with Gasteiger partial charge in [0.1, 0.15) is 6.10 Å². The molecule has 0 spiro atoms. The summed E-state index contributed by atoms with van der Waals surface area (Å²) in [5, 5.41) is 8.60. The first kappa shape index (κ1) is 10.4. The molecule has 1 N–H and O–H groups in total. The van der Waals surface area contributed by atoms with Gasteiger partial charge in [0.05, 0.1) is 0 Å². The first-order valence-electron chi connectivity index (χ1n) is 4.46. The maximum Gasteiger partial charge on any atom is 0.158 e. The van der Waals surface area contributed by atoms with Gasteiger partial charge in [-0.3, -0.25) is 10.1 Å². The summed E-state index contributed by atoms with van der Waals surface area (Å²) in [5.74, 6) is 0.143. The summed E-state index contributed by atoms with van der Waals surface area (Å²) in [6.45, 7) is 5.77. The summed E-state index contributed by atoms with van der Waals surface area (Å²) in [6.07, 6.45) is 2.54. The summed E-state index contributed by atoms with van der Waals surface area (Å²) in [4.78, 5) is 15.8. The molecule has 0 heterocycles. The van der Waals surface area contributed by atoms with Crippen molar-refractivity contribution in [3.63, 3.8) is 0 Å². The standard InChI is InChI=1S/C10H16O3/c1-7-4-8(13-12)5-10(2,3)6-9(7)11/h4,8,12H,5-6H2,1-3H3. The zero-order chi connectivity index (χ0) is 10.1. The van der Waals surface area contributed by atoms with Gasteiger partial charge in [0, 0.05) is 6.42 Å². The number of rotatable bonds is 1. The molecule has 0 aliphatic heterocycles. The van der Waals surface area contributed by atoms with Crippen LogP contribution in [0.1, 0.15) is 33.6 Å². The van der Waals surface area contributed by atoms with E-state index in [2.05, 4.69) is 4.89 Å². The topological polar surface area (TPSA) is 46.5 Å². The fourth-order valence-corrected chi connectivity index (χ4v) is 1.69. The highest BCUT2D eigenvalue weighted by atomic mass is 17.1. The van der Waals surface area contributed by atoms with Crippen LogP contribution in [0.15, 0.2) is 11.6 Å². The Balaban J connectivity index is 2.87. The van der Waals surface area contributed by atoms with E-state index in [1.54, 1.807) is 13.0 Å². The molecule has 1 aliphatic carbocycles. The van der Waals surface area contributed by atoms with Crippen molar-refractivity contribution < 1.29 is 14.9 Å². The minimum atomic E-state index is -0.346. The second-order valence-electron chi connectivity index (χ2n) is 4.46. The van der Waals surface area contributed by atoms with Gasteiger partial charge in [-0.1, -0.05) is 13.8 Å². The van der Waals surface area contributed by atoms with Gasteiger partial charge in [0.2, 0.25) is 0 Å². The number of hydrogen-bond donors (Lipinski definition) is 1. The average molecular weight is 184 g/mol.